The smallest absolute Gasteiger partial charge is 0.256 e. The van der Waals surface area contributed by atoms with Crippen LogP contribution in [0.5, 0.6) is 0 Å². The molecular weight excluding hydrogens is 268 g/mol. The van der Waals surface area contributed by atoms with Crippen molar-refractivity contribution >= 4 is 5.91 Å². The van der Waals surface area contributed by atoms with Gasteiger partial charge in [-0.1, -0.05) is 12.1 Å². The third-order valence-electron chi connectivity index (χ3n) is 3.82. The Bertz CT molecular complexity index is 626. The van der Waals surface area contributed by atoms with E-state index < -0.39 is 0 Å². The quantitative estimate of drug-likeness (QED) is 0.801. The van der Waals surface area contributed by atoms with Crippen LogP contribution in [0.25, 0.3) is 5.69 Å². The van der Waals surface area contributed by atoms with E-state index in [1.54, 1.807) is 0 Å². The highest BCUT2D eigenvalue weighted by Gasteiger charge is 2.28. The summed E-state index contributed by atoms with van der Waals surface area (Å²) in [5, 5.41) is 11.2. The topological polar surface area (TPSA) is 67.2 Å². The van der Waals surface area contributed by atoms with Crippen LogP contribution >= 0.6 is 0 Å². The van der Waals surface area contributed by atoms with Crippen molar-refractivity contribution in [3.05, 3.63) is 36.2 Å². The molecule has 0 unspecified atom stereocenters. The molecule has 1 fully saturated rings. The number of carbonyl (C=O) groups excluding carboxylic acids is 1. The van der Waals surface area contributed by atoms with E-state index in [-0.39, 0.29) is 11.9 Å². The van der Waals surface area contributed by atoms with E-state index in [1.165, 1.54) is 11.0 Å². The average Bonchev–Trinajstić information content (AvgIpc) is 3.01. The van der Waals surface area contributed by atoms with Crippen LogP contribution in [0.3, 0.4) is 0 Å². The third-order valence-corrected chi connectivity index (χ3v) is 3.82. The normalized spacial score (nSPS) is 19.7. The number of nitrogens with zero attached hydrogens (tertiary/aromatic N) is 6. The largest absolute Gasteiger partial charge is 0.333 e. The molecule has 1 aromatic carbocycles. The molecule has 1 aliphatic rings. The molecule has 1 amide bonds. The Hall–Kier alpha value is -2.28. The van der Waals surface area contributed by atoms with Gasteiger partial charge in [0.2, 0.25) is 0 Å². The number of para-hydroxylation sites is 1. The molecule has 1 saturated heterocycles. The molecule has 3 rings (SSSR count). The number of likely N-dealkylation sites (N-methyl/N-ethyl adjacent to an activating group) is 1. The summed E-state index contributed by atoms with van der Waals surface area (Å²) < 4.78 is 1.52. The van der Waals surface area contributed by atoms with Crippen molar-refractivity contribution in [3.63, 3.8) is 0 Å². The fourth-order valence-electron chi connectivity index (χ4n) is 2.72. The SMILES string of the molecule is C[C@H]1CN(C)CCN1C(=O)c1ccccc1-n1cnnn1. The molecular formula is C14H18N6O. The summed E-state index contributed by atoms with van der Waals surface area (Å²) in [5.41, 5.74) is 1.33. The Morgan fingerprint density at radius 1 is 1.29 bits per heavy atom. The van der Waals surface area contributed by atoms with Gasteiger partial charge in [-0.15, -0.1) is 5.10 Å². The average molecular weight is 286 g/mol. The summed E-state index contributed by atoms with van der Waals surface area (Å²) in [7, 11) is 2.08. The van der Waals surface area contributed by atoms with Crippen molar-refractivity contribution in [2.45, 2.75) is 13.0 Å². The molecule has 21 heavy (non-hydrogen) atoms. The summed E-state index contributed by atoms with van der Waals surface area (Å²) in [5.74, 6) is 0.0294. The second-order valence-electron chi connectivity index (χ2n) is 5.38. The van der Waals surface area contributed by atoms with Crippen LogP contribution in [0, 0.1) is 0 Å². The lowest BCUT2D eigenvalue weighted by Crippen LogP contribution is -2.52. The van der Waals surface area contributed by atoms with Gasteiger partial charge < -0.3 is 9.80 Å². The molecule has 1 aliphatic heterocycles. The van der Waals surface area contributed by atoms with Gasteiger partial charge in [-0.25, -0.2) is 0 Å². The van der Waals surface area contributed by atoms with Crippen molar-refractivity contribution in [2.24, 2.45) is 0 Å². The van der Waals surface area contributed by atoms with E-state index in [4.69, 9.17) is 0 Å². The maximum absolute atomic E-state index is 12.9. The number of hydrogen-bond acceptors (Lipinski definition) is 5. The fourth-order valence-corrected chi connectivity index (χ4v) is 2.72. The van der Waals surface area contributed by atoms with Gasteiger partial charge >= 0.3 is 0 Å². The van der Waals surface area contributed by atoms with Gasteiger partial charge in [0.15, 0.2) is 0 Å². The first-order chi connectivity index (χ1) is 10.2. The number of benzene rings is 1. The van der Waals surface area contributed by atoms with Crippen molar-refractivity contribution in [1.29, 1.82) is 0 Å². The number of tetrazole rings is 1. The Labute approximate surface area is 123 Å². The van der Waals surface area contributed by atoms with E-state index in [0.717, 1.165) is 19.6 Å². The van der Waals surface area contributed by atoms with E-state index in [1.807, 2.05) is 29.2 Å². The maximum atomic E-state index is 12.9. The molecule has 0 spiro atoms. The van der Waals surface area contributed by atoms with Gasteiger partial charge in [-0.3, -0.25) is 4.79 Å². The van der Waals surface area contributed by atoms with E-state index in [2.05, 4.69) is 34.4 Å². The minimum Gasteiger partial charge on any atom is -0.333 e. The standard InChI is InChI=1S/C14H18N6O/c1-11-9-18(2)7-8-19(11)14(21)12-5-3-4-6-13(12)20-10-15-16-17-20/h3-6,10-11H,7-9H2,1-2H3/t11-/m0/s1. The van der Waals surface area contributed by atoms with Crippen LogP contribution in [0.2, 0.25) is 0 Å². The summed E-state index contributed by atoms with van der Waals surface area (Å²) in [4.78, 5) is 17.0. The number of hydrogen-bond donors (Lipinski definition) is 0. The Morgan fingerprint density at radius 3 is 2.81 bits per heavy atom. The lowest BCUT2D eigenvalue weighted by Gasteiger charge is -2.38. The molecule has 7 heteroatoms. The minimum absolute atomic E-state index is 0.0294. The summed E-state index contributed by atoms with van der Waals surface area (Å²) in [6, 6.07) is 7.61. The molecule has 2 aromatic rings. The minimum atomic E-state index is 0.0294. The second-order valence-corrected chi connectivity index (χ2v) is 5.38. The molecule has 0 aliphatic carbocycles. The number of rotatable bonds is 2. The van der Waals surface area contributed by atoms with Crippen molar-refractivity contribution in [1.82, 2.24) is 30.0 Å². The van der Waals surface area contributed by atoms with Gasteiger partial charge in [-0.2, -0.15) is 4.68 Å². The summed E-state index contributed by atoms with van der Waals surface area (Å²) in [6.45, 7) is 4.59. The zero-order chi connectivity index (χ0) is 14.8. The number of carbonyl (C=O) groups is 1. The second kappa shape index (κ2) is 5.61. The lowest BCUT2D eigenvalue weighted by atomic mass is 10.1. The van der Waals surface area contributed by atoms with Crippen LogP contribution in [0.1, 0.15) is 17.3 Å². The molecule has 0 N–H and O–H groups in total. The van der Waals surface area contributed by atoms with Gasteiger partial charge in [0, 0.05) is 25.7 Å². The highest BCUT2D eigenvalue weighted by molar-refractivity contribution is 5.98. The third kappa shape index (κ3) is 2.64. The lowest BCUT2D eigenvalue weighted by molar-refractivity contribution is 0.0533. The van der Waals surface area contributed by atoms with Crippen LogP contribution in [0.4, 0.5) is 0 Å². The predicted molar refractivity (Wildman–Crippen MR) is 77.1 cm³/mol. The van der Waals surface area contributed by atoms with Crippen molar-refractivity contribution in [2.75, 3.05) is 26.7 Å². The number of aromatic nitrogens is 4. The van der Waals surface area contributed by atoms with Gasteiger partial charge in [-0.05, 0) is 36.5 Å². The van der Waals surface area contributed by atoms with E-state index in [0.29, 0.717) is 11.3 Å². The van der Waals surface area contributed by atoms with Crippen molar-refractivity contribution in [3.8, 4) is 5.69 Å². The number of amides is 1. The molecule has 0 radical (unpaired) electrons. The highest BCUT2D eigenvalue weighted by Crippen LogP contribution is 2.18. The van der Waals surface area contributed by atoms with E-state index in [9.17, 15) is 4.79 Å². The van der Waals surface area contributed by atoms with Crippen LogP contribution in [-0.4, -0.2) is 68.6 Å². The first-order valence-corrected chi connectivity index (χ1v) is 6.98. The summed E-state index contributed by atoms with van der Waals surface area (Å²) in [6.07, 6.45) is 1.50. The maximum Gasteiger partial charge on any atom is 0.256 e. The Kier molecular flexibility index (Phi) is 3.66. The molecule has 2 heterocycles. The van der Waals surface area contributed by atoms with Gasteiger partial charge in [0.1, 0.15) is 6.33 Å². The Balaban J connectivity index is 1.92. The fraction of sp³-hybridized carbons (Fsp3) is 0.429. The van der Waals surface area contributed by atoms with Gasteiger partial charge in [0.25, 0.3) is 5.91 Å². The first kappa shape index (κ1) is 13.7. The molecule has 0 bridgehead atoms. The zero-order valence-corrected chi connectivity index (χ0v) is 12.2. The molecule has 110 valence electrons. The first-order valence-electron chi connectivity index (χ1n) is 6.98. The zero-order valence-electron chi connectivity index (χ0n) is 12.2. The molecule has 1 atom stereocenters. The van der Waals surface area contributed by atoms with Crippen LogP contribution in [0.15, 0.2) is 30.6 Å². The van der Waals surface area contributed by atoms with E-state index >= 15 is 0 Å². The molecule has 1 aromatic heterocycles. The summed E-state index contributed by atoms with van der Waals surface area (Å²) >= 11 is 0. The monoisotopic (exact) mass is 286 g/mol. The molecule has 0 saturated carbocycles. The number of piperazine rings is 1. The predicted octanol–water partition coefficient (Wildman–Crippen LogP) is 0.438. The molecule has 7 nitrogen and oxygen atoms in total. The Morgan fingerprint density at radius 2 is 2.10 bits per heavy atom. The van der Waals surface area contributed by atoms with Gasteiger partial charge in [0.05, 0.1) is 11.3 Å². The van der Waals surface area contributed by atoms with Crippen LogP contribution < -0.4 is 0 Å². The highest BCUT2D eigenvalue weighted by atomic mass is 16.2. The van der Waals surface area contributed by atoms with Crippen LogP contribution in [-0.2, 0) is 0 Å². The van der Waals surface area contributed by atoms with Crippen molar-refractivity contribution < 1.29 is 4.79 Å².